The van der Waals surface area contributed by atoms with Crippen LogP contribution in [0.4, 0.5) is 26.2 Å². The molecule has 1 saturated heterocycles. The molecule has 0 unspecified atom stereocenters. The lowest BCUT2D eigenvalue weighted by atomic mass is 10.2. The van der Waals surface area contributed by atoms with E-state index in [0.29, 0.717) is 11.8 Å². The highest BCUT2D eigenvalue weighted by Crippen LogP contribution is 2.21. The summed E-state index contributed by atoms with van der Waals surface area (Å²) < 4.78 is 26.6. The van der Waals surface area contributed by atoms with E-state index in [2.05, 4.69) is 25.4 Å². The average Bonchev–Trinajstić information content (AvgIpc) is 2.80. The number of halogens is 2. The summed E-state index contributed by atoms with van der Waals surface area (Å²) in [5.41, 5.74) is 0.156. The molecule has 1 aliphatic rings. The van der Waals surface area contributed by atoms with Crippen LogP contribution in [0, 0.1) is 11.6 Å². The zero-order valence-corrected chi connectivity index (χ0v) is 12.1. The van der Waals surface area contributed by atoms with E-state index in [9.17, 15) is 8.78 Å². The Hall–Kier alpha value is -2.31. The zero-order chi connectivity index (χ0) is 15.4. The van der Waals surface area contributed by atoms with Gasteiger partial charge in [-0.15, -0.1) is 5.10 Å². The van der Waals surface area contributed by atoms with Crippen LogP contribution < -0.4 is 10.2 Å². The monoisotopic (exact) mass is 305 g/mol. The van der Waals surface area contributed by atoms with Crippen LogP contribution in [0.15, 0.2) is 24.4 Å². The van der Waals surface area contributed by atoms with E-state index in [-0.39, 0.29) is 5.69 Å². The summed E-state index contributed by atoms with van der Waals surface area (Å²) in [6, 6.07) is 3.35. The van der Waals surface area contributed by atoms with Gasteiger partial charge in [0.05, 0.1) is 11.9 Å². The molecule has 0 bridgehead atoms. The molecule has 3 rings (SSSR count). The summed E-state index contributed by atoms with van der Waals surface area (Å²) in [4.78, 5) is 6.47. The highest BCUT2D eigenvalue weighted by atomic mass is 19.1. The van der Waals surface area contributed by atoms with Gasteiger partial charge in [0.15, 0.2) is 5.82 Å². The van der Waals surface area contributed by atoms with Crippen LogP contribution in [-0.4, -0.2) is 28.3 Å². The highest BCUT2D eigenvalue weighted by Gasteiger charge is 2.14. The third-order valence-electron chi connectivity index (χ3n) is 3.63. The van der Waals surface area contributed by atoms with Crippen LogP contribution in [0.25, 0.3) is 0 Å². The Morgan fingerprint density at radius 2 is 1.82 bits per heavy atom. The molecule has 1 aromatic carbocycles. The lowest BCUT2D eigenvalue weighted by Gasteiger charge is -2.19. The van der Waals surface area contributed by atoms with E-state index in [1.54, 1.807) is 0 Å². The van der Waals surface area contributed by atoms with Gasteiger partial charge in [-0.25, -0.2) is 8.78 Å². The molecule has 0 radical (unpaired) electrons. The van der Waals surface area contributed by atoms with Crippen molar-refractivity contribution in [2.24, 2.45) is 0 Å². The van der Waals surface area contributed by atoms with Gasteiger partial charge in [-0.1, -0.05) is 12.8 Å². The molecule has 2 heterocycles. The SMILES string of the molecule is Fc1ccc(Nc2cnnc(N3CCCCCC3)n2)c(F)c1. The summed E-state index contributed by atoms with van der Waals surface area (Å²) in [6.45, 7) is 1.80. The van der Waals surface area contributed by atoms with Crippen molar-refractivity contribution >= 4 is 17.5 Å². The molecule has 1 N–H and O–H groups in total. The second-order valence-electron chi connectivity index (χ2n) is 5.29. The Morgan fingerprint density at radius 1 is 1.05 bits per heavy atom. The molecule has 116 valence electrons. The number of aromatic nitrogens is 3. The maximum atomic E-state index is 13.7. The Kier molecular flexibility index (Phi) is 4.41. The molecule has 2 aromatic rings. The predicted molar refractivity (Wildman–Crippen MR) is 80.1 cm³/mol. The Labute approximate surface area is 127 Å². The van der Waals surface area contributed by atoms with Crippen LogP contribution in [-0.2, 0) is 0 Å². The van der Waals surface area contributed by atoms with Crippen LogP contribution >= 0.6 is 0 Å². The standard InChI is InChI=1S/C15H17F2N5/c16-11-5-6-13(12(17)9-11)19-14-10-18-21-15(20-14)22-7-3-1-2-4-8-22/h5-6,9-10H,1-4,7-8H2,(H,19,20,21). The van der Waals surface area contributed by atoms with Crippen molar-refractivity contribution in [3.05, 3.63) is 36.0 Å². The van der Waals surface area contributed by atoms with E-state index in [0.717, 1.165) is 32.0 Å². The van der Waals surface area contributed by atoms with E-state index < -0.39 is 11.6 Å². The van der Waals surface area contributed by atoms with Crippen LogP contribution in [0.2, 0.25) is 0 Å². The molecule has 1 aliphatic heterocycles. The minimum atomic E-state index is -0.671. The molecule has 22 heavy (non-hydrogen) atoms. The summed E-state index contributed by atoms with van der Waals surface area (Å²) >= 11 is 0. The third-order valence-corrected chi connectivity index (χ3v) is 3.63. The van der Waals surface area contributed by atoms with Crippen molar-refractivity contribution < 1.29 is 8.78 Å². The molecule has 5 nitrogen and oxygen atoms in total. The van der Waals surface area contributed by atoms with Crippen molar-refractivity contribution in [1.82, 2.24) is 15.2 Å². The maximum absolute atomic E-state index is 13.7. The summed E-state index contributed by atoms with van der Waals surface area (Å²) in [5.74, 6) is -0.363. The molecule has 0 atom stereocenters. The fourth-order valence-corrected chi connectivity index (χ4v) is 2.49. The fourth-order valence-electron chi connectivity index (χ4n) is 2.49. The van der Waals surface area contributed by atoms with Crippen LogP contribution in [0.3, 0.4) is 0 Å². The van der Waals surface area contributed by atoms with Gasteiger partial charge in [-0.2, -0.15) is 10.1 Å². The first-order chi connectivity index (χ1) is 10.7. The smallest absolute Gasteiger partial charge is 0.247 e. The number of benzene rings is 1. The maximum Gasteiger partial charge on any atom is 0.247 e. The van der Waals surface area contributed by atoms with Gasteiger partial charge < -0.3 is 10.2 Å². The minimum absolute atomic E-state index is 0.156. The lowest BCUT2D eigenvalue weighted by molar-refractivity contribution is 0.586. The second-order valence-corrected chi connectivity index (χ2v) is 5.29. The van der Waals surface area contributed by atoms with Gasteiger partial charge in [0, 0.05) is 19.2 Å². The Balaban J connectivity index is 1.78. The van der Waals surface area contributed by atoms with Gasteiger partial charge in [0.1, 0.15) is 11.6 Å². The Morgan fingerprint density at radius 3 is 2.55 bits per heavy atom. The Bertz CT molecular complexity index is 642. The normalized spacial score (nSPS) is 15.5. The number of nitrogens with zero attached hydrogens (tertiary/aromatic N) is 4. The molecule has 1 fully saturated rings. The first kappa shape index (κ1) is 14.6. The molecule has 0 amide bonds. The first-order valence-corrected chi connectivity index (χ1v) is 7.39. The molecule has 0 aliphatic carbocycles. The van der Waals surface area contributed by atoms with Gasteiger partial charge in [-0.05, 0) is 25.0 Å². The first-order valence-electron chi connectivity index (χ1n) is 7.39. The molecule has 1 aromatic heterocycles. The van der Waals surface area contributed by atoms with Gasteiger partial charge in [0.2, 0.25) is 5.95 Å². The third kappa shape index (κ3) is 3.47. The van der Waals surface area contributed by atoms with Gasteiger partial charge >= 0.3 is 0 Å². The summed E-state index contributed by atoms with van der Waals surface area (Å²) in [7, 11) is 0. The van der Waals surface area contributed by atoms with E-state index in [1.807, 2.05) is 0 Å². The van der Waals surface area contributed by atoms with E-state index in [1.165, 1.54) is 31.2 Å². The van der Waals surface area contributed by atoms with Crippen molar-refractivity contribution in [3.63, 3.8) is 0 Å². The van der Waals surface area contributed by atoms with E-state index in [4.69, 9.17) is 0 Å². The average molecular weight is 305 g/mol. The zero-order valence-electron chi connectivity index (χ0n) is 12.1. The quantitative estimate of drug-likeness (QED) is 0.943. The number of nitrogens with one attached hydrogen (secondary N) is 1. The number of anilines is 3. The second kappa shape index (κ2) is 6.64. The molecular formula is C15H17F2N5. The molecule has 7 heteroatoms. The topological polar surface area (TPSA) is 53.9 Å². The highest BCUT2D eigenvalue weighted by molar-refractivity contribution is 5.56. The minimum Gasteiger partial charge on any atom is -0.339 e. The van der Waals surface area contributed by atoms with Gasteiger partial charge in [0.25, 0.3) is 0 Å². The van der Waals surface area contributed by atoms with Gasteiger partial charge in [-0.3, -0.25) is 0 Å². The largest absolute Gasteiger partial charge is 0.339 e. The van der Waals surface area contributed by atoms with Crippen molar-refractivity contribution in [2.75, 3.05) is 23.3 Å². The number of hydrogen-bond acceptors (Lipinski definition) is 5. The lowest BCUT2D eigenvalue weighted by Crippen LogP contribution is -2.26. The van der Waals surface area contributed by atoms with Crippen LogP contribution in [0.1, 0.15) is 25.7 Å². The van der Waals surface area contributed by atoms with E-state index >= 15 is 0 Å². The van der Waals surface area contributed by atoms with Crippen molar-refractivity contribution in [2.45, 2.75) is 25.7 Å². The van der Waals surface area contributed by atoms with Crippen molar-refractivity contribution in [1.29, 1.82) is 0 Å². The molecular weight excluding hydrogens is 288 g/mol. The number of rotatable bonds is 3. The predicted octanol–water partition coefficient (Wildman–Crippen LogP) is 3.27. The summed E-state index contributed by atoms with van der Waals surface area (Å²) in [6.07, 6.45) is 6.05. The summed E-state index contributed by atoms with van der Waals surface area (Å²) in [5, 5.41) is 10.8. The molecule has 0 spiro atoms. The molecule has 0 saturated carbocycles. The van der Waals surface area contributed by atoms with Crippen LogP contribution in [0.5, 0.6) is 0 Å². The van der Waals surface area contributed by atoms with Crippen molar-refractivity contribution in [3.8, 4) is 0 Å². The fraction of sp³-hybridized carbons (Fsp3) is 0.400. The number of hydrogen-bond donors (Lipinski definition) is 1.